The van der Waals surface area contributed by atoms with Crippen LogP contribution in [-0.4, -0.2) is 23.8 Å². The highest BCUT2D eigenvalue weighted by Crippen LogP contribution is 2.29. The van der Waals surface area contributed by atoms with Crippen molar-refractivity contribution in [3.05, 3.63) is 36.0 Å². The van der Waals surface area contributed by atoms with Crippen LogP contribution in [0.3, 0.4) is 0 Å². The molecule has 0 amide bonds. The van der Waals surface area contributed by atoms with Crippen molar-refractivity contribution in [1.29, 1.82) is 0 Å². The van der Waals surface area contributed by atoms with E-state index in [1.54, 1.807) is 0 Å². The second-order valence-electron chi connectivity index (χ2n) is 6.08. The molecule has 106 valence electrons. The zero-order valence-electron chi connectivity index (χ0n) is 11.8. The number of aromatic nitrogens is 1. The standard InChI is InChI=1S/C17H22N2O/c1-2-13-6-9-19(16-7-10-20-11-8-16)17(13)14(3-1)12-18-15-4-5-15/h1-3,6,9,15-16,18H,4-5,7-8,10-12H2. The van der Waals surface area contributed by atoms with Crippen molar-refractivity contribution in [2.75, 3.05) is 13.2 Å². The van der Waals surface area contributed by atoms with Gasteiger partial charge in [-0.05, 0) is 42.7 Å². The van der Waals surface area contributed by atoms with Crippen LogP contribution < -0.4 is 5.32 Å². The van der Waals surface area contributed by atoms with Crippen molar-refractivity contribution in [2.24, 2.45) is 0 Å². The van der Waals surface area contributed by atoms with E-state index in [1.807, 2.05) is 0 Å². The number of fused-ring (bicyclic) bond motifs is 1. The molecule has 1 saturated heterocycles. The third-order valence-corrected chi connectivity index (χ3v) is 4.57. The molecular weight excluding hydrogens is 248 g/mol. The lowest BCUT2D eigenvalue weighted by atomic mass is 10.1. The molecule has 20 heavy (non-hydrogen) atoms. The molecule has 2 heterocycles. The number of ether oxygens (including phenoxy) is 1. The van der Waals surface area contributed by atoms with E-state index in [-0.39, 0.29) is 0 Å². The highest BCUT2D eigenvalue weighted by atomic mass is 16.5. The van der Waals surface area contributed by atoms with E-state index in [1.165, 1.54) is 29.3 Å². The van der Waals surface area contributed by atoms with Gasteiger partial charge in [0.2, 0.25) is 0 Å². The first-order chi connectivity index (χ1) is 9.92. The van der Waals surface area contributed by atoms with Gasteiger partial charge in [0.15, 0.2) is 0 Å². The molecule has 4 rings (SSSR count). The molecule has 2 aromatic rings. The van der Waals surface area contributed by atoms with Crippen LogP contribution in [0.5, 0.6) is 0 Å². The molecule has 1 aliphatic heterocycles. The van der Waals surface area contributed by atoms with Crippen molar-refractivity contribution < 1.29 is 4.74 Å². The molecule has 2 fully saturated rings. The molecular formula is C17H22N2O. The highest BCUT2D eigenvalue weighted by Gasteiger charge is 2.22. The van der Waals surface area contributed by atoms with E-state index in [4.69, 9.17) is 4.74 Å². The van der Waals surface area contributed by atoms with Crippen molar-refractivity contribution in [3.63, 3.8) is 0 Å². The molecule has 1 saturated carbocycles. The van der Waals surface area contributed by atoms with Gasteiger partial charge in [-0.15, -0.1) is 0 Å². The van der Waals surface area contributed by atoms with Gasteiger partial charge < -0.3 is 14.6 Å². The first-order valence-corrected chi connectivity index (χ1v) is 7.81. The van der Waals surface area contributed by atoms with Crippen LogP contribution in [-0.2, 0) is 11.3 Å². The normalized spacial score (nSPS) is 20.6. The van der Waals surface area contributed by atoms with Crippen LogP contribution in [0, 0.1) is 0 Å². The van der Waals surface area contributed by atoms with Gasteiger partial charge in [-0.2, -0.15) is 0 Å². The van der Waals surface area contributed by atoms with Crippen LogP contribution in [0.1, 0.15) is 37.3 Å². The lowest BCUT2D eigenvalue weighted by Crippen LogP contribution is -2.20. The number of nitrogens with zero attached hydrogens (tertiary/aromatic N) is 1. The van der Waals surface area contributed by atoms with E-state index in [0.717, 1.165) is 38.6 Å². The summed E-state index contributed by atoms with van der Waals surface area (Å²) in [4.78, 5) is 0. The fraction of sp³-hybridized carbons (Fsp3) is 0.529. The van der Waals surface area contributed by atoms with Crippen molar-refractivity contribution in [1.82, 2.24) is 9.88 Å². The molecule has 0 atom stereocenters. The summed E-state index contributed by atoms with van der Waals surface area (Å²) in [7, 11) is 0. The molecule has 2 aliphatic rings. The molecule has 0 radical (unpaired) electrons. The Labute approximate surface area is 119 Å². The molecule has 0 unspecified atom stereocenters. The third kappa shape index (κ3) is 2.36. The van der Waals surface area contributed by atoms with Gasteiger partial charge in [0.25, 0.3) is 0 Å². The van der Waals surface area contributed by atoms with Gasteiger partial charge >= 0.3 is 0 Å². The number of nitrogens with one attached hydrogen (secondary N) is 1. The average Bonchev–Trinajstić information content (AvgIpc) is 3.23. The topological polar surface area (TPSA) is 26.2 Å². The maximum absolute atomic E-state index is 5.50. The Balaban J connectivity index is 1.68. The minimum absolute atomic E-state index is 0.600. The zero-order chi connectivity index (χ0) is 13.4. The van der Waals surface area contributed by atoms with Crippen molar-refractivity contribution in [3.8, 4) is 0 Å². The van der Waals surface area contributed by atoms with E-state index < -0.39 is 0 Å². The number of benzene rings is 1. The SMILES string of the molecule is c1cc(CNC2CC2)c2c(c1)ccn2C1CCOCC1. The fourth-order valence-electron chi connectivity index (χ4n) is 3.25. The number of rotatable bonds is 4. The minimum atomic E-state index is 0.600. The second-order valence-corrected chi connectivity index (χ2v) is 6.08. The Kier molecular flexibility index (Phi) is 3.25. The van der Waals surface area contributed by atoms with Crippen molar-refractivity contribution in [2.45, 2.75) is 44.3 Å². The lowest BCUT2D eigenvalue weighted by molar-refractivity contribution is 0.0707. The zero-order valence-corrected chi connectivity index (χ0v) is 11.8. The van der Waals surface area contributed by atoms with E-state index >= 15 is 0 Å². The smallest absolute Gasteiger partial charge is 0.0528 e. The van der Waals surface area contributed by atoms with Gasteiger partial charge in [0, 0.05) is 38.0 Å². The van der Waals surface area contributed by atoms with Crippen LogP contribution in [0.2, 0.25) is 0 Å². The summed E-state index contributed by atoms with van der Waals surface area (Å²) in [5, 5.41) is 5.01. The Hall–Kier alpha value is -1.32. The van der Waals surface area contributed by atoms with E-state index in [9.17, 15) is 0 Å². The number of hydrogen-bond acceptors (Lipinski definition) is 2. The Morgan fingerprint density at radius 3 is 2.75 bits per heavy atom. The Morgan fingerprint density at radius 2 is 1.95 bits per heavy atom. The summed E-state index contributed by atoms with van der Waals surface area (Å²) in [6, 6.07) is 10.3. The maximum atomic E-state index is 5.50. The van der Waals surface area contributed by atoms with E-state index in [2.05, 4.69) is 40.3 Å². The number of hydrogen-bond donors (Lipinski definition) is 1. The van der Waals surface area contributed by atoms with Gasteiger partial charge in [-0.1, -0.05) is 18.2 Å². The predicted octanol–water partition coefficient (Wildman–Crippen LogP) is 3.24. The molecule has 0 bridgehead atoms. The molecule has 1 N–H and O–H groups in total. The number of para-hydroxylation sites is 1. The third-order valence-electron chi connectivity index (χ3n) is 4.57. The van der Waals surface area contributed by atoms with Gasteiger partial charge in [0.05, 0.1) is 5.52 Å². The monoisotopic (exact) mass is 270 g/mol. The largest absolute Gasteiger partial charge is 0.381 e. The van der Waals surface area contributed by atoms with Crippen LogP contribution in [0.25, 0.3) is 10.9 Å². The van der Waals surface area contributed by atoms with Crippen LogP contribution in [0.15, 0.2) is 30.5 Å². The first kappa shape index (κ1) is 12.4. The molecule has 1 aromatic heterocycles. The molecule has 0 spiro atoms. The quantitative estimate of drug-likeness (QED) is 0.923. The summed E-state index contributed by atoms with van der Waals surface area (Å²) in [6.07, 6.45) is 7.22. The highest BCUT2D eigenvalue weighted by molar-refractivity contribution is 5.83. The van der Waals surface area contributed by atoms with Gasteiger partial charge in [-0.3, -0.25) is 0 Å². The molecule has 1 aliphatic carbocycles. The van der Waals surface area contributed by atoms with Crippen LogP contribution in [0.4, 0.5) is 0 Å². The van der Waals surface area contributed by atoms with E-state index in [0.29, 0.717) is 6.04 Å². The summed E-state index contributed by atoms with van der Waals surface area (Å²) < 4.78 is 7.99. The van der Waals surface area contributed by atoms with Crippen molar-refractivity contribution >= 4 is 10.9 Å². The molecule has 1 aromatic carbocycles. The van der Waals surface area contributed by atoms with Gasteiger partial charge in [-0.25, -0.2) is 0 Å². The van der Waals surface area contributed by atoms with Crippen LogP contribution >= 0.6 is 0 Å². The average molecular weight is 270 g/mol. The first-order valence-electron chi connectivity index (χ1n) is 7.81. The minimum Gasteiger partial charge on any atom is -0.381 e. The van der Waals surface area contributed by atoms with Gasteiger partial charge in [0.1, 0.15) is 0 Å². The lowest BCUT2D eigenvalue weighted by Gasteiger charge is -2.25. The summed E-state index contributed by atoms with van der Waals surface area (Å²) in [6.45, 7) is 2.79. The predicted molar refractivity (Wildman–Crippen MR) is 80.9 cm³/mol. The Bertz CT molecular complexity index is 594. The maximum Gasteiger partial charge on any atom is 0.0528 e. The summed E-state index contributed by atoms with van der Waals surface area (Å²) in [5.41, 5.74) is 2.86. The fourth-order valence-corrected chi connectivity index (χ4v) is 3.25. The second kappa shape index (κ2) is 5.23. The molecule has 3 nitrogen and oxygen atoms in total. The summed E-state index contributed by atoms with van der Waals surface area (Å²) in [5.74, 6) is 0. The summed E-state index contributed by atoms with van der Waals surface area (Å²) >= 11 is 0. The molecule has 3 heteroatoms. The Morgan fingerprint density at radius 1 is 1.10 bits per heavy atom.